The van der Waals surface area contributed by atoms with Crippen LogP contribution < -0.4 is 0 Å². The second-order valence-corrected chi connectivity index (χ2v) is 6.43. The molecule has 0 spiro atoms. The topological polar surface area (TPSA) is 51.4 Å². The van der Waals surface area contributed by atoms with Crippen molar-refractivity contribution in [3.8, 4) is 0 Å². The minimum Gasteiger partial charge on any atom is -0.339 e. The number of hydroxylamine groups is 2. The fraction of sp³-hybridized carbons (Fsp3) is 0.529. The molecule has 1 aromatic carbocycles. The highest BCUT2D eigenvalue weighted by Crippen LogP contribution is 2.52. The van der Waals surface area contributed by atoms with E-state index in [1.807, 2.05) is 17.2 Å². The molecule has 2 aliphatic rings. The van der Waals surface area contributed by atoms with Gasteiger partial charge in [0.05, 0.1) is 12.5 Å². The number of rotatable bonds is 4. The first kappa shape index (κ1) is 14.8. The molecule has 0 bridgehead atoms. The number of piperidine rings is 1. The molecule has 2 fully saturated rings. The number of nitrogens with zero attached hydrogens (tertiary/aromatic N) is 3. The van der Waals surface area contributed by atoms with Crippen LogP contribution in [0.3, 0.4) is 0 Å². The maximum Gasteiger partial charge on any atom is 0.229 e. The Morgan fingerprint density at radius 2 is 1.91 bits per heavy atom. The third kappa shape index (κ3) is 2.66. The van der Waals surface area contributed by atoms with Gasteiger partial charge in [0, 0.05) is 19.0 Å². The molecule has 5 nitrogen and oxygen atoms in total. The van der Waals surface area contributed by atoms with Crippen molar-refractivity contribution in [2.24, 2.45) is 0 Å². The van der Waals surface area contributed by atoms with Gasteiger partial charge in [-0.25, -0.2) is 4.39 Å². The first-order chi connectivity index (χ1) is 11.2. The Hall–Kier alpha value is -1.79. The summed E-state index contributed by atoms with van der Waals surface area (Å²) in [4.78, 5) is 9.94. The number of halogens is 1. The third-order valence-corrected chi connectivity index (χ3v) is 5.08. The maximum atomic E-state index is 13.1. The van der Waals surface area contributed by atoms with Gasteiger partial charge in [0.1, 0.15) is 5.82 Å². The SMILES string of the molecule is CON1CCC(c2nc(C3(c4ccc(F)cc4)CC3)no2)CC1. The average molecular weight is 317 g/mol. The van der Waals surface area contributed by atoms with Crippen molar-refractivity contribution < 1.29 is 13.8 Å². The van der Waals surface area contributed by atoms with E-state index in [2.05, 4.69) is 10.1 Å². The van der Waals surface area contributed by atoms with Gasteiger partial charge in [-0.05, 0) is 43.4 Å². The molecule has 6 heteroatoms. The van der Waals surface area contributed by atoms with Crippen LogP contribution >= 0.6 is 0 Å². The van der Waals surface area contributed by atoms with Crippen molar-refractivity contribution in [1.82, 2.24) is 15.2 Å². The van der Waals surface area contributed by atoms with Gasteiger partial charge in [0.25, 0.3) is 0 Å². The van der Waals surface area contributed by atoms with Crippen LogP contribution in [0, 0.1) is 5.82 Å². The van der Waals surface area contributed by atoms with Gasteiger partial charge < -0.3 is 9.36 Å². The van der Waals surface area contributed by atoms with Crippen LogP contribution in [0.2, 0.25) is 0 Å². The van der Waals surface area contributed by atoms with E-state index in [-0.39, 0.29) is 11.2 Å². The number of aromatic nitrogens is 2. The first-order valence-corrected chi connectivity index (χ1v) is 8.10. The standard InChI is InChI=1S/C17H20FN3O2/c1-22-21-10-6-12(7-11-21)15-19-16(20-23-15)17(8-9-17)13-2-4-14(18)5-3-13/h2-5,12H,6-11H2,1H3. The highest BCUT2D eigenvalue weighted by Gasteiger charge is 2.50. The molecule has 122 valence electrons. The zero-order valence-corrected chi connectivity index (χ0v) is 13.2. The van der Waals surface area contributed by atoms with E-state index in [1.54, 1.807) is 7.11 Å². The lowest BCUT2D eigenvalue weighted by molar-refractivity contribution is -0.144. The molecule has 1 aliphatic heterocycles. The summed E-state index contributed by atoms with van der Waals surface area (Å²) in [7, 11) is 1.70. The molecule has 0 radical (unpaired) electrons. The first-order valence-electron chi connectivity index (χ1n) is 8.10. The Bertz CT molecular complexity index is 673. The van der Waals surface area contributed by atoms with Crippen LogP contribution in [-0.4, -0.2) is 35.4 Å². The van der Waals surface area contributed by atoms with Crippen LogP contribution in [-0.2, 0) is 10.3 Å². The average Bonchev–Trinajstić information content (AvgIpc) is 3.25. The van der Waals surface area contributed by atoms with Gasteiger partial charge in [-0.1, -0.05) is 17.3 Å². The molecule has 23 heavy (non-hydrogen) atoms. The van der Waals surface area contributed by atoms with E-state index in [0.717, 1.165) is 56.1 Å². The minimum absolute atomic E-state index is 0.178. The van der Waals surface area contributed by atoms with Crippen LogP contribution in [0.1, 0.15) is 48.9 Å². The Morgan fingerprint density at radius 3 is 2.52 bits per heavy atom. The highest BCUT2D eigenvalue weighted by atomic mass is 19.1. The lowest BCUT2D eigenvalue weighted by Gasteiger charge is -2.27. The summed E-state index contributed by atoms with van der Waals surface area (Å²) < 4.78 is 18.7. The molecule has 1 aromatic heterocycles. The van der Waals surface area contributed by atoms with Crippen molar-refractivity contribution in [2.45, 2.75) is 37.0 Å². The predicted octanol–water partition coefficient (Wildman–Crippen LogP) is 3.03. The molecule has 1 saturated carbocycles. The van der Waals surface area contributed by atoms with E-state index in [1.165, 1.54) is 12.1 Å². The van der Waals surface area contributed by atoms with E-state index < -0.39 is 0 Å². The van der Waals surface area contributed by atoms with Crippen LogP contribution in [0.25, 0.3) is 0 Å². The van der Waals surface area contributed by atoms with Gasteiger partial charge in [-0.2, -0.15) is 10.0 Å². The molecule has 4 rings (SSSR count). The quantitative estimate of drug-likeness (QED) is 0.867. The van der Waals surface area contributed by atoms with Crippen LogP contribution in [0.4, 0.5) is 4.39 Å². The third-order valence-electron chi connectivity index (χ3n) is 5.08. The van der Waals surface area contributed by atoms with Crippen molar-refractivity contribution >= 4 is 0 Å². The summed E-state index contributed by atoms with van der Waals surface area (Å²) in [5.74, 6) is 1.55. The van der Waals surface area contributed by atoms with Crippen molar-refractivity contribution in [3.05, 3.63) is 47.4 Å². The second-order valence-electron chi connectivity index (χ2n) is 6.43. The van der Waals surface area contributed by atoms with E-state index in [4.69, 9.17) is 9.36 Å². The monoisotopic (exact) mass is 317 g/mol. The van der Waals surface area contributed by atoms with Crippen molar-refractivity contribution in [2.75, 3.05) is 20.2 Å². The van der Waals surface area contributed by atoms with Gasteiger partial charge in [0.15, 0.2) is 5.82 Å². The van der Waals surface area contributed by atoms with Gasteiger partial charge in [-0.15, -0.1) is 0 Å². The second kappa shape index (κ2) is 5.69. The van der Waals surface area contributed by atoms with Gasteiger partial charge in [0.2, 0.25) is 5.89 Å². The van der Waals surface area contributed by atoms with Gasteiger partial charge >= 0.3 is 0 Å². The largest absolute Gasteiger partial charge is 0.339 e. The molecular formula is C17H20FN3O2. The Labute approximate surface area is 134 Å². The molecule has 1 saturated heterocycles. The van der Waals surface area contributed by atoms with E-state index in [0.29, 0.717) is 5.92 Å². The number of benzene rings is 1. The summed E-state index contributed by atoms with van der Waals surface area (Å²) in [6.45, 7) is 1.75. The normalized spacial score (nSPS) is 21.5. The zero-order chi connectivity index (χ0) is 15.9. The number of hydrogen-bond acceptors (Lipinski definition) is 5. The maximum absolute atomic E-state index is 13.1. The summed E-state index contributed by atoms with van der Waals surface area (Å²) in [5, 5.41) is 6.19. The summed E-state index contributed by atoms with van der Waals surface area (Å²) in [6, 6.07) is 6.65. The van der Waals surface area contributed by atoms with Gasteiger partial charge in [-0.3, -0.25) is 0 Å². The number of hydrogen-bond donors (Lipinski definition) is 0. The summed E-state index contributed by atoms with van der Waals surface area (Å²) in [6.07, 6.45) is 3.89. The zero-order valence-electron chi connectivity index (χ0n) is 13.2. The van der Waals surface area contributed by atoms with Crippen molar-refractivity contribution in [3.63, 3.8) is 0 Å². The molecule has 0 atom stereocenters. The molecule has 2 heterocycles. The Balaban J connectivity index is 1.53. The fourth-order valence-corrected chi connectivity index (χ4v) is 3.42. The molecule has 0 amide bonds. The van der Waals surface area contributed by atoms with E-state index in [9.17, 15) is 4.39 Å². The lowest BCUT2D eigenvalue weighted by atomic mass is 9.94. The van der Waals surface area contributed by atoms with Crippen molar-refractivity contribution in [1.29, 1.82) is 0 Å². The molecular weight excluding hydrogens is 297 g/mol. The molecule has 1 aliphatic carbocycles. The predicted molar refractivity (Wildman–Crippen MR) is 81.3 cm³/mol. The minimum atomic E-state index is -0.219. The molecule has 2 aromatic rings. The fourth-order valence-electron chi connectivity index (χ4n) is 3.42. The smallest absolute Gasteiger partial charge is 0.229 e. The lowest BCUT2D eigenvalue weighted by Crippen LogP contribution is -2.32. The summed E-state index contributed by atoms with van der Waals surface area (Å²) in [5.41, 5.74) is 0.892. The molecule has 0 unspecified atom stereocenters. The highest BCUT2D eigenvalue weighted by molar-refractivity contribution is 5.39. The van der Waals surface area contributed by atoms with E-state index >= 15 is 0 Å². The molecule has 0 N–H and O–H groups in total. The Morgan fingerprint density at radius 1 is 1.22 bits per heavy atom. The van der Waals surface area contributed by atoms with Crippen LogP contribution in [0.5, 0.6) is 0 Å². The van der Waals surface area contributed by atoms with Crippen LogP contribution in [0.15, 0.2) is 28.8 Å². The Kier molecular flexibility index (Phi) is 3.66. The summed E-state index contributed by atoms with van der Waals surface area (Å²) >= 11 is 0.